The lowest BCUT2D eigenvalue weighted by Gasteiger charge is -2.06. The highest BCUT2D eigenvalue weighted by atomic mass is 35.5. The number of aryl methyl sites for hydroxylation is 1. The maximum Gasteiger partial charge on any atom is 0.315 e. The summed E-state index contributed by atoms with van der Waals surface area (Å²) in [6, 6.07) is 8.34. The molecule has 18 heavy (non-hydrogen) atoms. The van der Waals surface area contributed by atoms with Gasteiger partial charge in [-0.05, 0) is 49.8 Å². The van der Waals surface area contributed by atoms with Gasteiger partial charge in [0, 0.05) is 17.6 Å². The van der Waals surface area contributed by atoms with Crippen LogP contribution in [0, 0.1) is 0 Å². The van der Waals surface area contributed by atoms with E-state index in [0.29, 0.717) is 6.04 Å². The fraction of sp³-hybridized carbons (Fsp3) is 0.500. The summed E-state index contributed by atoms with van der Waals surface area (Å²) in [5.41, 5.74) is 1.29. The van der Waals surface area contributed by atoms with Crippen molar-refractivity contribution in [1.29, 1.82) is 0 Å². The molecule has 0 unspecified atom stereocenters. The Balaban J connectivity index is 1.52. The molecule has 98 valence electrons. The first-order chi connectivity index (χ1) is 8.74. The third kappa shape index (κ3) is 4.96. The van der Waals surface area contributed by atoms with Crippen LogP contribution in [0.3, 0.4) is 0 Å². The predicted molar refractivity (Wildman–Crippen MR) is 73.9 cm³/mol. The van der Waals surface area contributed by atoms with Gasteiger partial charge in [-0.2, -0.15) is 0 Å². The van der Waals surface area contributed by atoms with Crippen molar-refractivity contribution in [3.05, 3.63) is 34.9 Å². The first-order valence-corrected chi connectivity index (χ1v) is 6.90. The second-order valence-corrected chi connectivity index (χ2v) is 5.19. The molecule has 2 rings (SSSR count). The third-order valence-electron chi connectivity index (χ3n) is 3.00. The smallest absolute Gasteiger partial charge is 0.315 e. The summed E-state index contributed by atoms with van der Waals surface area (Å²) in [6.07, 6.45) is 5.36. The van der Waals surface area contributed by atoms with Crippen LogP contribution >= 0.6 is 11.6 Å². The van der Waals surface area contributed by atoms with Gasteiger partial charge in [-0.15, -0.1) is 0 Å². The minimum absolute atomic E-state index is 0.0241. The monoisotopic (exact) mass is 266 g/mol. The standard InChI is InChI=1S/C14H19ClN2O/c15-12-6-4-11(5-7-12)3-1-2-10-16-14(18)17-13-8-9-13/h4-7,13H,1-3,8-10H2,(H2,16,17,18). The van der Waals surface area contributed by atoms with Gasteiger partial charge in [0.25, 0.3) is 0 Å². The highest BCUT2D eigenvalue weighted by Gasteiger charge is 2.22. The molecule has 0 aromatic heterocycles. The number of rotatable bonds is 6. The van der Waals surface area contributed by atoms with Crippen LogP contribution in [0.5, 0.6) is 0 Å². The van der Waals surface area contributed by atoms with Crippen LogP contribution in [0.4, 0.5) is 4.79 Å². The molecule has 1 aromatic rings. The van der Waals surface area contributed by atoms with Gasteiger partial charge < -0.3 is 10.6 Å². The molecule has 2 N–H and O–H groups in total. The molecule has 0 spiro atoms. The SMILES string of the molecule is O=C(NCCCCc1ccc(Cl)cc1)NC1CC1. The van der Waals surface area contributed by atoms with Crippen LogP contribution in [0.25, 0.3) is 0 Å². The number of unbranched alkanes of at least 4 members (excludes halogenated alkanes) is 1. The Morgan fingerprint density at radius 2 is 1.94 bits per heavy atom. The molecule has 4 heteroatoms. The van der Waals surface area contributed by atoms with Gasteiger partial charge in [0.1, 0.15) is 0 Å². The highest BCUT2D eigenvalue weighted by molar-refractivity contribution is 6.30. The summed E-state index contributed by atoms with van der Waals surface area (Å²) in [5, 5.41) is 6.56. The number of nitrogens with one attached hydrogen (secondary N) is 2. The minimum Gasteiger partial charge on any atom is -0.338 e. The summed E-state index contributed by atoms with van der Waals surface area (Å²) in [6.45, 7) is 0.742. The Bertz CT molecular complexity index is 387. The maximum atomic E-state index is 11.3. The van der Waals surface area contributed by atoms with E-state index in [4.69, 9.17) is 11.6 Å². The second-order valence-electron chi connectivity index (χ2n) is 4.76. The molecule has 2 amide bonds. The Morgan fingerprint density at radius 3 is 2.61 bits per heavy atom. The number of hydrogen-bond acceptors (Lipinski definition) is 1. The molecular weight excluding hydrogens is 248 g/mol. The zero-order chi connectivity index (χ0) is 12.8. The molecule has 1 aromatic carbocycles. The average molecular weight is 267 g/mol. The largest absolute Gasteiger partial charge is 0.338 e. The van der Waals surface area contributed by atoms with E-state index in [2.05, 4.69) is 22.8 Å². The topological polar surface area (TPSA) is 41.1 Å². The molecule has 0 radical (unpaired) electrons. The van der Waals surface area contributed by atoms with Crippen LogP contribution in [0.15, 0.2) is 24.3 Å². The van der Waals surface area contributed by atoms with Crippen LogP contribution in [0.1, 0.15) is 31.2 Å². The quantitative estimate of drug-likeness (QED) is 0.763. The summed E-state index contributed by atoms with van der Waals surface area (Å²) in [5.74, 6) is 0. The molecule has 0 bridgehead atoms. The van der Waals surface area contributed by atoms with Gasteiger partial charge >= 0.3 is 6.03 Å². The fourth-order valence-corrected chi connectivity index (χ4v) is 1.90. The molecule has 1 saturated carbocycles. The summed E-state index contributed by atoms with van der Waals surface area (Å²) < 4.78 is 0. The molecule has 0 aliphatic heterocycles. The number of carbonyl (C=O) groups is 1. The second kappa shape index (κ2) is 6.64. The van der Waals surface area contributed by atoms with E-state index in [0.717, 1.165) is 43.7 Å². The predicted octanol–water partition coefficient (Wildman–Crippen LogP) is 3.12. The highest BCUT2D eigenvalue weighted by Crippen LogP contribution is 2.18. The molecular formula is C14H19ClN2O. The molecule has 0 atom stereocenters. The van der Waals surface area contributed by atoms with Crippen molar-refractivity contribution < 1.29 is 4.79 Å². The van der Waals surface area contributed by atoms with E-state index in [1.807, 2.05) is 12.1 Å². The normalized spacial score (nSPS) is 14.3. The molecule has 0 saturated heterocycles. The van der Waals surface area contributed by atoms with Crippen molar-refractivity contribution >= 4 is 17.6 Å². The zero-order valence-corrected chi connectivity index (χ0v) is 11.2. The average Bonchev–Trinajstić information content (AvgIpc) is 3.15. The fourth-order valence-electron chi connectivity index (χ4n) is 1.77. The van der Waals surface area contributed by atoms with Gasteiger partial charge in [0.2, 0.25) is 0 Å². The third-order valence-corrected chi connectivity index (χ3v) is 3.26. The molecule has 0 heterocycles. The van der Waals surface area contributed by atoms with E-state index in [9.17, 15) is 4.79 Å². The number of hydrogen-bond donors (Lipinski definition) is 2. The first kappa shape index (κ1) is 13.2. The number of benzene rings is 1. The van der Waals surface area contributed by atoms with Crippen molar-refractivity contribution in [1.82, 2.24) is 10.6 Å². The molecule has 3 nitrogen and oxygen atoms in total. The van der Waals surface area contributed by atoms with Crippen molar-refractivity contribution in [2.45, 2.75) is 38.1 Å². The Labute approximate surface area is 113 Å². The van der Waals surface area contributed by atoms with E-state index in [1.165, 1.54) is 5.56 Å². The minimum atomic E-state index is -0.0241. The number of carbonyl (C=O) groups excluding carboxylic acids is 1. The van der Waals surface area contributed by atoms with E-state index < -0.39 is 0 Å². The van der Waals surface area contributed by atoms with Crippen molar-refractivity contribution in [2.24, 2.45) is 0 Å². The van der Waals surface area contributed by atoms with Gasteiger partial charge in [-0.3, -0.25) is 0 Å². The van der Waals surface area contributed by atoms with Crippen LogP contribution in [0.2, 0.25) is 5.02 Å². The lowest BCUT2D eigenvalue weighted by Crippen LogP contribution is -2.37. The van der Waals surface area contributed by atoms with Gasteiger partial charge in [-0.1, -0.05) is 23.7 Å². The number of urea groups is 1. The van der Waals surface area contributed by atoms with Crippen LogP contribution in [-0.2, 0) is 6.42 Å². The molecule has 1 aliphatic carbocycles. The Hall–Kier alpha value is -1.22. The Kier molecular flexibility index (Phi) is 4.88. The zero-order valence-electron chi connectivity index (χ0n) is 10.4. The van der Waals surface area contributed by atoms with Crippen LogP contribution < -0.4 is 10.6 Å². The van der Waals surface area contributed by atoms with Crippen molar-refractivity contribution in [3.63, 3.8) is 0 Å². The Morgan fingerprint density at radius 1 is 1.22 bits per heavy atom. The lowest BCUT2D eigenvalue weighted by molar-refractivity contribution is 0.240. The first-order valence-electron chi connectivity index (χ1n) is 6.53. The van der Waals surface area contributed by atoms with Crippen molar-refractivity contribution in [2.75, 3.05) is 6.54 Å². The molecule has 1 aliphatic rings. The van der Waals surface area contributed by atoms with Gasteiger partial charge in [-0.25, -0.2) is 4.79 Å². The summed E-state index contributed by atoms with van der Waals surface area (Å²) in [4.78, 5) is 11.3. The van der Waals surface area contributed by atoms with Crippen LogP contribution in [-0.4, -0.2) is 18.6 Å². The van der Waals surface area contributed by atoms with E-state index in [1.54, 1.807) is 0 Å². The maximum absolute atomic E-state index is 11.3. The van der Waals surface area contributed by atoms with Gasteiger partial charge in [0.15, 0.2) is 0 Å². The lowest BCUT2D eigenvalue weighted by atomic mass is 10.1. The van der Waals surface area contributed by atoms with E-state index in [-0.39, 0.29) is 6.03 Å². The van der Waals surface area contributed by atoms with E-state index >= 15 is 0 Å². The number of halogens is 1. The molecule has 1 fully saturated rings. The van der Waals surface area contributed by atoms with Crippen molar-refractivity contribution in [3.8, 4) is 0 Å². The number of amides is 2. The van der Waals surface area contributed by atoms with Gasteiger partial charge in [0.05, 0.1) is 0 Å². The summed E-state index contributed by atoms with van der Waals surface area (Å²) >= 11 is 5.82. The summed E-state index contributed by atoms with van der Waals surface area (Å²) in [7, 11) is 0.